The van der Waals surface area contributed by atoms with E-state index < -0.39 is 11.2 Å². The summed E-state index contributed by atoms with van der Waals surface area (Å²) < 4.78 is 2.14. The van der Waals surface area contributed by atoms with Crippen molar-refractivity contribution >= 4 is 22.4 Å². The van der Waals surface area contributed by atoms with Gasteiger partial charge in [0, 0.05) is 37.9 Å². The molecule has 19 heavy (non-hydrogen) atoms. The van der Waals surface area contributed by atoms with E-state index in [4.69, 9.17) is 0 Å². The zero-order valence-corrected chi connectivity index (χ0v) is 11.3. The Morgan fingerprint density at radius 1 is 1.47 bits per heavy atom. The second-order valence-corrected chi connectivity index (χ2v) is 4.76. The van der Waals surface area contributed by atoms with Crippen molar-refractivity contribution in [1.82, 2.24) is 14.1 Å². The first-order valence-corrected chi connectivity index (χ1v) is 6.31. The van der Waals surface area contributed by atoms with E-state index in [1.54, 1.807) is 18.6 Å². The lowest BCUT2D eigenvalue weighted by Gasteiger charge is -2.14. The molecule has 0 spiro atoms. The van der Waals surface area contributed by atoms with Crippen LogP contribution in [0.4, 0.5) is 5.13 Å². The van der Waals surface area contributed by atoms with Crippen molar-refractivity contribution in [3.8, 4) is 0 Å². The van der Waals surface area contributed by atoms with E-state index in [2.05, 4.69) is 4.98 Å². The number of rotatable bonds is 3. The summed E-state index contributed by atoms with van der Waals surface area (Å²) in [6.45, 7) is -0.136. The molecule has 0 radical (unpaired) electrons. The SMILES string of the molecule is CN(C(=O)Cn1ccc(=O)n(C)c1=O)c1nccs1. The van der Waals surface area contributed by atoms with Crippen molar-refractivity contribution in [3.63, 3.8) is 0 Å². The Labute approximate surface area is 112 Å². The zero-order chi connectivity index (χ0) is 14.0. The quantitative estimate of drug-likeness (QED) is 0.771. The smallest absolute Gasteiger partial charge is 0.291 e. The Hall–Kier alpha value is -2.22. The second-order valence-electron chi connectivity index (χ2n) is 3.89. The number of nitrogens with zero attached hydrogens (tertiary/aromatic N) is 4. The first kappa shape index (κ1) is 13.2. The third-order valence-corrected chi connectivity index (χ3v) is 3.49. The average Bonchev–Trinajstić information content (AvgIpc) is 2.92. The number of amides is 1. The summed E-state index contributed by atoms with van der Waals surface area (Å²) in [5.74, 6) is -0.282. The fourth-order valence-electron chi connectivity index (χ4n) is 1.48. The highest BCUT2D eigenvalue weighted by atomic mass is 32.1. The van der Waals surface area contributed by atoms with E-state index in [9.17, 15) is 14.4 Å². The normalized spacial score (nSPS) is 10.4. The molecule has 8 heteroatoms. The van der Waals surface area contributed by atoms with Gasteiger partial charge in [0.2, 0.25) is 5.91 Å². The van der Waals surface area contributed by atoms with Crippen molar-refractivity contribution < 1.29 is 4.79 Å². The topological polar surface area (TPSA) is 77.2 Å². The molecule has 7 nitrogen and oxygen atoms in total. The molecule has 0 aliphatic rings. The maximum Gasteiger partial charge on any atom is 0.331 e. The van der Waals surface area contributed by atoms with Gasteiger partial charge in [0.1, 0.15) is 6.54 Å². The Kier molecular flexibility index (Phi) is 3.61. The Balaban J connectivity index is 2.23. The highest BCUT2D eigenvalue weighted by Crippen LogP contribution is 2.15. The lowest BCUT2D eigenvalue weighted by Crippen LogP contribution is -2.40. The number of aromatic nitrogens is 3. The lowest BCUT2D eigenvalue weighted by atomic mass is 10.5. The van der Waals surface area contributed by atoms with Crippen molar-refractivity contribution in [3.05, 3.63) is 44.7 Å². The molecule has 2 heterocycles. The fraction of sp³-hybridized carbons (Fsp3) is 0.273. The summed E-state index contributed by atoms with van der Waals surface area (Å²) in [6, 6.07) is 1.25. The lowest BCUT2D eigenvalue weighted by molar-refractivity contribution is -0.118. The molecule has 0 aromatic carbocycles. The molecule has 0 unspecified atom stereocenters. The molecule has 0 saturated carbocycles. The third kappa shape index (κ3) is 2.63. The van der Waals surface area contributed by atoms with Crippen LogP contribution in [-0.4, -0.2) is 27.1 Å². The van der Waals surface area contributed by atoms with Gasteiger partial charge in [-0.25, -0.2) is 9.78 Å². The molecule has 0 N–H and O–H groups in total. The predicted molar refractivity (Wildman–Crippen MR) is 71.5 cm³/mol. The van der Waals surface area contributed by atoms with Gasteiger partial charge < -0.3 is 0 Å². The van der Waals surface area contributed by atoms with Crippen LogP contribution >= 0.6 is 11.3 Å². The van der Waals surface area contributed by atoms with E-state index >= 15 is 0 Å². The van der Waals surface area contributed by atoms with Crippen LogP contribution in [0.2, 0.25) is 0 Å². The van der Waals surface area contributed by atoms with Crippen LogP contribution < -0.4 is 16.1 Å². The van der Waals surface area contributed by atoms with Crippen molar-refractivity contribution in [2.75, 3.05) is 11.9 Å². The maximum absolute atomic E-state index is 12.0. The van der Waals surface area contributed by atoms with E-state index in [1.807, 2.05) is 0 Å². The number of thiazole rings is 1. The van der Waals surface area contributed by atoms with Gasteiger partial charge in [0.15, 0.2) is 5.13 Å². The minimum Gasteiger partial charge on any atom is -0.291 e. The molecule has 100 valence electrons. The van der Waals surface area contributed by atoms with Crippen molar-refractivity contribution in [2.45, 2.75) is 6.54 Å². The minimum atomic E-state index is -0.520. The fourth-order valence-corrected chi connectivity index (χ4v) is 2.10. The molecule has 0 aliphatic carbocycles. The Bertz CT molecular complexity index is 701. The van der Waals surface area contributed by atoms with E-state index in [0.717, 1.165) is 4.57 Å². The number of likely N-dealkylation sites (N-methyl/N-ethyl adjacent to an activating group) is 1. The molecular weight excluding hydrogens is 268 g/mol. The average molecular weight is 280 g/mol. The number of carbonyl (C=O) groups excluding carboxylic acids is 1. The highest BCUT2D eigenvalue weighted by molar-refractivity contribution is 7.13. The first-order chi connectivity index (χ1) is 9.00. The molecular formula is C11H12N4O3S. The van der Waals surface area contributed by atoms with Gasteiger partial charge in [-0.15, -0.1) is 11.3 Å². The Morgan fingerprint density at radius 2 is 2.21 bits per heavy atom. The van der Waals surface area contributed by atoms with Gasteiger partial charge in [-0.2, -0.15) is 0 Å². The van der Waals surface area contributed by atoms with Gasteiger partial charge in [-0.3, -0.25) is 23.6 Å². The van der Waals surface area contributed by atoms with Crippen molar-refractivity contribution in [1.29, 1.82) is 0 Å². The van der Waals surface area contributed by atoms with Gasteiger partial charge in [0.25, 0.3) is 5.56 Å². The number of hydrogen-bond acceptors (Lipinski definition) is 5. The van der Waals surface area contributed by atoms with Crippen LogP contribution in [0.1, 0.15) is 0 Å². The summed E-state index contributed by atoms with van der Waals surface area (Å²) in [5.41, 5.74) is -0.921. The van der Waals surface area contributed by atoms with Crippen LogP contribution in [0.25, 0.3) is 0 Å². The van der Waals surface area contributed by atoms with E-state index in [0.29, 0.717) is 5.13 Å². The zero-order valence-electron chi connectivity index (χ0n) is 10.4. The summed E-state index contributed by atoms with van der Waals surface area (Å²) >= 11 is 1.33. The van der Waals surface area contributed by atoms with Crippen LogP contribution in [0.5, 0.6) is 0 Å². The molecule has 0 bridgehead atoms. The van der Waals surface area contributed by atoms with Crippen LogP contribution in [-0.2, 0) is 18.4 Å². The molecule has 0 atom stereocenters. The summed E-state index contributed by atoms with van der Waals surface area (Å²) in [4.78, 5) is 40.4. The first-order valence-electron chi connectivity index (χ1n) is 5.43. The molecule has 2 aromatic rings. The largest absolute Gasteiger partial charge is 0.331 e. The maximum atomic E-state index is 12.0. The van der Waals surface area contributed by atoms with E-state index in [-0.39, 0.29) is 12.5 Å². The molecule has 2 aromatic heterocycles. The summed E-state index contributed by atoms with van der Waals surface area (Å²) in [7, 11) is 2.96. The second kappa shape index (κ2) is 5.19. The van der Waals surface area contributed by atoms with Crippen LogP contribution in [0.3, 0.4) is 0 Å². The Morgan fingerprint density at radius 3 is 2.84 bits per heavy atom. The highest BCUT2D eigenvalue weighted by Gasteiger charge is 2.14. The third-order valence-electron chi connectivity index (χ3n) is 2.65. The van der Waals surface area contributed by atoms with Crippen molar-refractivity contribution in [2.24, 2.45) is 7.05 Å². The van der Waals surface area contributed by atoms with Crippen LogP contribution in [0, 0.1) is 0 Å². The molecule has 0 saturated heterocycles. The van der Waals surface area contributed by atoms with Gasteiger partial charge in [-0.1, -0.05) is 0 Å². The van der Waals surface area contributed by atoms with E-state index in [1.165, 1.54) is 40.1 Å². The summed E-state index contributed by atoms with van der Waals surface area (Å²) in [5, 5.41) is 2.32. The van der Waals surface area contributed by atoms with Gasteiger partial charge >= 0.3 is 5.69 Å². The van der Waals surface area contributed by atoms with Gasteiger partial charge in [0.05, 0.1) is 0 Å². The molecule has 1 amide bonds. The molecule has 0 fully saturated rings. The minimum absolute atomic E-state index is 0.136. The predicted octanol–water partition coefficient (Wildman–Crippen LogP) is -0.334. The number of hydrogen-bond donors (Lipinski definition) is 0. The molecule has 0 aliphatic heterocycles. The molecule has 2 rings (SSSR count). The van der Waals surface area contributed by atoms with Gasteiger partial charge in [-0.05, 0) is 0 Å². The number of carbonyl (C=O) groups is 1. The monoisotopic (exact) mass is 280 g/mol. The summed E-state index contributed by atoms with van der Waals surface area (Å²) in [6.07, 6.45) is 2.92. The standard InChI is InChI=1S/C11H12N4O3S/c1-13(10-12-4-6-19-10)9(17)7-15-5-3-8(16)14(2)11(15)18/h3-6H,7H2,1-2H3. The van der Waals surface area contributed by atoms with Crippen LogP contribution in [0.15, 0.2) is 33.4 Å². The number of anilines is 1.